The zero-order chi connectivity index (χ0) is 19.7. The number of halogens is 1. The van der Waals surface area contributed by atoms with Crippen molar-refractivity contribution in [3.8, 4) is 0 Å². The molecule has 2 fully saturated rings. The Hall–Kier alpha value is -2.32. The molecule has 1 spiro atoms. The van der Waals surface area contributed by atoms with Crippen LogP contribution in [0.3, 0.4) is 0 Å². The number of benzene rings is 1. The van der Waals surface area contributed by atoms with Crippen LogP contribution in [0.1, 0.15) is 32.8 Å². The highest BCUT2D eigenvalue weighted by Gasteiger charge is 2.71. The van der Waals surface area contributed by atoms with E-state index in [1.165, 1.54) is 30.0 Å². The standard InChI is InChI=1S/C19H22FN3O4/c1-4-8(2)23-16(25)13-14(17(23)26)19(22-15(13)9(3)24)11-7-10(20)5-6-12(11)21-18(19)27/h5-9,13-15,22,24H,4H2,1-3H3,(H,21,27). The van der Waals surface area contributed by atoms with Gasteiger partial charge in [-0.3, -0.25) is 24.6 Å². The van der Waals surface area contributed by atoms with Crippen molar-refractivity contribution in [3.05, 3.63) is 29.6 Å². The molecular formula is C19H22FN3O4. The minimum Gasteiger partial charge on any atom is -0.392 e. The van der Waals surface area contributed by atoms with Crippen molar-refractivity contribution in [3.63, 3.8) is 0 Å². The summed E-state index contributed by atoms with van der Waals surface area (Å²) in [5.74, 6) is -3.81. The lowest BCUT2D eigenvalue weighted by atomic mass is 9.76. The van der Waals surface area contributed by atoms with Gasteiger partial charge >= 0.3 is 0 Å². The van der Waals surface area contributed by atoms with E-state index in [1.807, 2.05) is 6.92 Å². The van der Waals surface area contributed by atoms with E-state index in [0.717, 1.165) is 0 Å². The lowest BCUT2D eigenvalue weighted by molar-refractivity contribution is -0.145. The minimum absolute atomic E-state index is 0.304. The predicted octanol–water partition coefficient (Wildman–Crippen LogP) is 0.725. The first-order valence-corrected chi connectivity index (χ1v) is 9.18. The van der Waals surface area contributed by atoms with E-state index < -0.39 is 53.1 Å². The number of fused-ring (bicyclic) bond motifs is 4. The van der Waals surface area contributed by atoms with Gasteiger partial charge in [-0.25, -0.2) is 4.39 Å². The molecule has 6 atom stereocenters. The third-order valence-corrected chi connectivity index (χ3v) is 6.20. The lowest BCUT2D eigenvalue weighted by Gasteiger charge is -2.31. The van der Waals surface area contributed by atoms with E-state index in [9.17, 15) is 23.9 Å². The maximum absolute atomic E-state index is 14.0. The van der Waals surface area contributed by atoms with Crippen molar-refractivity contribution in [2.24, 2.45) is 11.8 Å². The summed E-state index contributed by atoms with van der Waals surface area (Å²) in [7, 11) is 0. The maximum Gasteiger partial charge on any atom is 0.250 e. The van der Waals surface area contributed by atoms with Gasteiger partial charge in [0.2, 0.25) is 17.7 Å². The Kier molecular flexibility index (Phi) is 3.91. The lowest BCUT2D eigenvalue weighted by Crippen LogP contribution is -2.55. The molecule has 3 aliphatic rings. The van der Waals surface area contributed by atoms with Crippen LogP contribution in [-0.2, 0) is 19.9 Å². The second kappa shape index (κ2) is 5.84. The number of carbonyl (C=O) groups is 3. The van der Waals surface area contributed by atoms with Gasteiger partial charge in [0.05, 0.1) is 17.9 Å². The fourth-order valence-electron chi connectivity index (χ4n) is 4.76. The number of hydrogen-bond donors (Lipinski definition) is 3. The molecule has 4 rings (SSSR count). The molecule has 6 unspecified atom stereocenters. The molecule has 3 amide bonds. The molecule has 1 aromatic rings. The van der Waals surface area contributed by atoms with Crippen LogP contribution in [0, 0.1) is 17.7 Å². The summed E-state index contributed by atoms with van der Waals surface area (Å²) >= 11 is 0. The van der Waals surface area contributed by atoms with Gasteiger partial charge in [-0.1, -0.05) is 6.92 Å². The normalized spacial score (nSPS) is 34.0. The minimum atomic E-state index is -1.57. The van der Waals surface area contributed by atoms with Gasteiger partial charge in [-0.2, -0.15) is 0 Å². The molecule has 0 aromatic heterocycles. The van der Waals surface area contributed by atoms with Gasteiger partial charge < -0.3 is 10.4 Å². The largest absolute Gasteiger partial charge is 0.392 e. The van der Waals surface area contributed by atoms with Crippen LogP contribution in [0.2, 0.25) is 0 Å². The first-order valence-electron chi connectivity index (χ1n) is 9.18. The van der Waals surface area contributed by atoms with Crippen molar-refractivity contribution in [2.75, 3.05) is 5.32 Å². The van der Waals surface area contributed by atoms with Gasteiger partial charge in [-0.15, -0.1) is 0 Å². The average molecular weight is 375 g/mol. The van der Waals surface area contributed by atoms with Crippen molar-refractivity contribution < 1.29 is 23.9 Å². The third-order valence-electron chi connectivity index (χ3n) is 6.20. The molecule has 3 heterocycles. The fourth-order valence-corrected chi connectivity index (χ4v) is 4.76. The summed E-state index contributed by atoms with van der Waals surface area (Å²) in [6, 6.07) is 2.77. The number of carbonyl (C=O) groups excluding carboxylic acids is 3. The van der Waals surface area contributed by atoms with Crippen LogP contribution < -0.4 is 10.6 Å². The highest BCUT2D eigenvalue weighted by Crippen LogP contribution is 2.53. The van der Waals surface area contributed by atoms with E-state index in [-0.39, 0.29) is 6.04 Å². The number of aliphatic hydroxyl groups excluding tert-OH is 1. The van der Waals surface area contributed by atoms with Crippen LogP contribution in [0.4, 0.5) is 10.1 Å². The Bertz CT molecular complexity index is 857. The Balaban J connectivity index is 1.92. The van der Waals surface area contributed by atoms with Crippen molar-refractivity contribution in [2.45, 2.75) is 50.9 Å². The monoisotopic (exact) mass is 375 g/mol. The molecule has 0 saturated carbocycles. The van der Waals surface area contributed by atoms with E-state index in [1.54, 1.807) is 6.92 Å². The van der Waals surface area contributed by atoms with Crippen LogP contribution >= 0.6 is 0 Å². The maximum atomic E-state index is 14.0. The molecule has 3 aliphatic heterocycles. The first kappa shape index (κ1) is 18.1. The Labute approximate surface area is 155 Å². The first-order chi connectivity index (χ1) is 12.7. The highest BCUT2D eigenvalue weighted by atomic mass is 19.1. The van der Waals surface area contributed by atoms with Gasteiger partial charge in [0.25, 0.3) is 0 Å². The molecule has 0 radical (unpaired) electrons. The summed E-state index contributed by atoms with van der Waals surface area (Å²) in [6.07, 6.45) is -0.399. The Morgan fingerprint density at radius 3 is 2.59 bits per heavy atom. The van der Waals surface area contributed by atoms with Crippen LogP contribution in [0.15, 0.2) is 18.2 Å². The molecule has 0 bridgehead atoms. The second-order valence-electron chi connectivity index (χ2n) is 7.67. The van der Waals surface area contributed by atoms with E-state index in [2.05, 4.69) is 10.6 Å². The van der Waals surface area contributed by atoms with E-state index >= 15 is 0 Å². The van der Waals surface area contributed by atoms with Crippen molar-refractivity contribution in [1.29, 1.82) is 0 Å². The number of nitrogens with one attached hydrogen (secondary N) is 2. The quantitative estimate of drug-likeness (QED) is 0.677. The molecule has 2 saturated heterocycles. The van der Waals surface area contributed by atoms with E-state index in [4.69, 9.17) is 0 Å². The summed E-state index contributed by atoms with van der Waals surface area (Å²) in [5, 5.41) is 16.0. The van der Waals surface area contributed by atoms with Crippen LogP contribution in [-0.4, -0.2) is 45.9 Å². The van der Waals surface area contributed by atoms with Gasteiger partial charge in [0.1, 0.15) is 11.4 Å². The SMILES string of the molecule is CCC(C)N1C(=O)C2C(C(C)O)NC3(C(=O)Nc4ccc(F)cc43)C2C1=O. The fraction of sp³-hybridized carbons (Fsp3) is 0.526. The van der Waals surface area contributed by atoms with Gasteiger partial charge in [0.15, 0.2) is 0 Å². The molecule has 27 heavy (non-hydrogen) atoms. The van der Waals surface area contributed by atoms with Crippen LogP contribution in [0.25, 0.3) is 0 Å². The van der Waals surface area contributed by atoms with Crippen molar-refractivity contribution >= 4 is 23.4 Å². The highest BCUT2D eigenvalue weighted by molar-refractivity contribution is 6.15. The molecule has 1 aromatic carbocycles. The smallest absolute Gasteiger partial charge is 0.250 e. The number of nitrogens with zero attached hydrogens (tertiary/aromatic N) is 1. The van der Waals surface area contributed by atoms with Crippen LogP contribution in [0.5, 0.6) is 0 Å². The summed E-state index contributed by atoms with van der Waals surface area (Å²) < 4.78 is 14.0. The van der Waals surface area contributed by atoms with E-state index in [0.29, 0.717) is 17.7 Å². The molecule has 144 valence electrons. The third kappa shape index (κ3) is 2.17. The summed E-state index contributed by atoms with van der Waals surface area (Å²) in [6.45, 7) is 5.15. The summed E-state index contributed by atoms with van der Waals surface area (Å²) in [4.78, 5) is 40.6. The number of aliphatic hydroxyl groups is 1. The molecule has 7 nitrogen and oxygen atoms in total. The van der Waals surface area contributed by atoms with Gasteiger partial charge in [-0.05, 0) is 38.5 Å². The average Bonchev–Trinajstić information content (AvgIpc) is 3.20. The van der Waals surface area contributed by atoms with Gasteiger partial charge in [0, 0.05) is 23.3 Å². The Morgan fingerprint density at radius 2 is 1.96 bits per heavy atom. The predicted molar refractivity (Wildman–Crippen MR) is 93.9 cm³/mol. The number of hydrogen-bond acceptors (Lipinski definition) is 5. The Morgan fingerprint density at radius 1 is 1.26 bits per heavy atom. The second-order valence-corrected chi connectivity index (χ2v) is 7.67. The number of rotatable bonds is 3. The number of likely N-dealkylation sites (tertiary alicyclic amines) is 1. The topological polar surface area (TPSA) is 98.7 Å². The number of imide groups is 1. The molecule has 8 heteroatoms. The number of anilines is 1. The zero-order valence-corrected chi connectivity index (χ0v) is 15.3. The molecule has 3 N–H and O–H groups in total. The van der Waals surface area contributed by atoms with Crippen molar-refractivity contribution in [1.82, 2.24) is 10.2 Å². The number of amides is 3. The summed E-state index contributed by atoms with van der Waals surface area (Å²) in [5.41, 5.74) is -0.863. The molecule has 0 aliphatic carbocycles. The molecular weight excluding hydrogens is 353 g/mol. The zero-order valence-electron chi connectivity index (χ0n) is 15.3.